The molecule has 0 spiro atoms. The van der Waals surface area contributed by atoms with Crippen LogP contribution in [0.15, 0.2) is 48.5 Å². The zero-order valence-corrected chi connectivity index (χ0v) is 15.4. The van der Waals surface area contributed by atoms with Crippen LogP contribution in [0.25, 0.3) is 0 Å². The Labute approximate surface area is 154 Å². The van der Waals surface area contributed by atoms with E-state index in [-0.39, 0.29) is 36.1 Å². The van der Waals surface area contributed by atoms with E-state index in [0.29, 0.717) is 22.3 Å². The summed E-state index contributed by atoms with van der Waals surface area (Å²) in [6.45, 7) is 0.678. The number of halogens is 1. The molecule has 2 rings (SSSR count). The summed E-state index contributed by atoms with van der Waals surface area (Å²) in [4.78, 5) is 12.4. The van der Waals surface area contributed by atoms with E-state index >= 15 is 0 Å². The minimum Gasteiger partial charge on any atom is -1.00 e. The molecule has 136 valence electrons. The molecule has 2 aromatic carbocycles. The van der Waals surface area contributed by atoms with Crippen molar-refractivity contribution in [2.45, 2.75) is 6.10 Å². The van der Waals surface area contributed by atoms with Crippen LogP contribution in [0.3, 0.4) is 0 Å². The van der Waals surface area contributed by atoms with Crippen molar-refractivity contribution in [2.75, 3.05) is 34.3 Å². The molecule has 1 atom stereocenters. The zero-order valence-electron chi connectivity index (χ0n) is 14.6. The number of carbonyl (C=O) groups is 1. The lowest BCUT2D eigenvalue weighted by Crippen LogP contribution is -3.00. The highest BCUT2D eigenvalue weighted by molar-refractivity contribution is 6.10. The second kappa shape index (κ2) is 8.85. The Morgan fingerprint density at radius 3 is 2.32 bits per heavy atom. The third-order valence-electron chi connectivity index (χ3n) is 3.45. The molecule has 0 bridgehead atoms. The smallest absolute Gasteiger partial charge is 0.196 e. The topological polar surface area (TPSA) is 66.8 Å². The van der Waals surface area contributed by atoms with Crippen LogP contribution >= 0.6 is 0 Å². The van der Waals surface area contributed by atoms with Crippen molar-refractivity contribution in [1.29, 1.82) is 0 Å². The summed E-state index contributed by atoms with van der Waals surface area (Å²) < 4.78 is 6.13. The predicted octanol–water partition coefficient (Wildman–Crippen LogP) is -0.927. The molecule has 6 heteroatoms. The molecule has 0 saturated carbocycles. The minimum absolute atomic E-state index is 0. The van der Waals surface area contributed by atoms with Crippen LogP contribution in [0.5, 0.6) is 11.5 Å². The number of hydrogen-bond donors (Lipinski definition) is 2. The summed E-state index contributed by atoms with van der Waals surface area (Å²) in [5, 5.41) is 20.1. The van der Waals surface area contributed by atoms with Crippen LogP contribution in [0.1, 0.15) is 15.9 Å². The van der Waals surface area contributed by atoms with Gasteiger partial charge in [0.05, 0.1) is 26.7 Å². The number of nitrogens with zero attached hydrogens (tertiary/aromatic N) is 1. The first-order valence-electron chi connectivity index (χ1n) is 7.80. The van der Waals surface area contributed by atoms with Gasteiger partial charge in [0, 0.05) is 11.6 Å². The van der Waals surface area contributed by atoms with E-state index in [1.165, 1.54) is 12.1 Å². The van der Waals surface area contributed by atoms with Crippen molar-refractivity contribution in [3.8, 4) is 11.5 Å². The fourth-order valence-electron chi connectivity index (χ4n) is 2.42. The number of carbonyl (C=O) groups excluding carboxylic acids is 1. The zero-order chi connectivity index (χ0) is 17.7. The summed E-state index contributed by atoms with van der Waals surface area (Å²) >= 11 is 0. The van der Waals surface area contributed by atoms with E-state index in [4.69, 9.17) is 4.74 Å². The SMILES string of the molecule is C[N+](C)(C)CC(O)COc1ccc(C(=O)c2ccccc2)c(O)c1.[Cl-]. The fourth-order valence-corrected chi connectivity index (χ4v) is 2.42. The monoisotopic (exact) mass is 365 g/mol. The number of likely N-dealkylation sites (N-methyl/N-ethyl adjacent to an activating group) is 1. The fraction of sp³-hybridized carbons (Fsp3) is 0.316. The number of aliphatic hydroxyl groups excluding tert-OH is 1. The first kappa shape index (κ1) is 21.0. The molecule has 0 fully saturated rings. The number of aliphatic hydroxyl groups is 1. The molecular formula is C19H24ClNO4. The molecule has 2 aromatic rings. The van der Waals surface area contributed by atoms with Crippen LogP contribution in [-0.4, -0.2) is 60.9 Å². The summed E-state index contributed by atoms with van der Waals surface area (Å²) in [7, 11) is 5.96. The van der Waals surface area contributed by atoms with Gasteiger partial charge in [0.1, 0.15) is 30.8 Å². The molecule has 2 N–H and O–H groups in total. The highest BCUT2D eigenvalue weighted by Crippen LogP contribution is 2.26. The number of phenols is 1. The van der Waals surface area contributed by atoms with Gasteiger partial charge in [-0.1, -0.05) is 30.3 Å². The number of aromatic hydroxyl groups is 1. The van der Waals surface area contributed by atoms with Gasteiger partial charge in [-0.2, -0.15) is 0 Å². The lowest BCUT2D eigenvalue weighted by molar-refractivity contribution is -0.873. The molecule has 25 heavy (non-hydrogen) atoms. The molecule has 0 saturated heterocycles. The van der Waals surface area contributed by atoms with E-state index in [9.17, 15) is 15.0 Å². The second-order valence-electron chi connectivity index (χ2n) is 6.81. The van der Waals surface area contributed by atoms with Crippen molar-refractivity contribution in [2.24, 2.45) is 0 Å². The van der Waals surface area contributed by atoms with Gasteiger partial charge >= 0.3 is 0 Å². The number of phenolic OH excluding ortho intramolecular Hbond substituents is 1. The largest absolute Gasteiger partial charge is 1.00 e. The molecular weight excluding hydrogens is 342 g/mol. The molecule has 0 radical (unpaired) electrons. The van der Waals surface area contributed by atoms with Gasteiger partial charge in [0.25, 0.3) is 0 Å². The van der Waals surface area contributed by atoms with Crippen molar-refractivity contribution in [1.82, 2.24) is 0 Å². The maximum Gasteiger partial charge on any atom is 0.196 e. The highest BCUT2D eigenvalue weighted by Gasteiger charge is 2.17. The Balaban J connectivity index is 0.00000312. The van der Waals surface area contributed by atoms with E-state index in [2.05, 4.69) is 0 Å². The molecule has 5 nitrogen and oxygen atoms in total. The van der Waals surface area contributed by atoms with E-state index in [1.54, 1.807) is 30.3 Å². The number of ketones is 1. The summed E-state index contributed by atoms with van der Waals surface area (Å²) in [5.74, 6) is 0.0322. The maximum atomic E-state index is 12.4. The third kappa shape index (κ3) is 6.38. The number of ether oxygens (including phenoxy) is 1. The van der Waals surface area contributed by atoms with Gasteiger partial charge in [-0.25, -0.2) is 0 Å². The van der Waals surface area contributed by atoms with Crippen molar-refractivity contribution in [3.63, 3.8) is 0 Å². The summed E-state index contributed by atoms with van der Waals surface area (Å²) in [5.41, 5.74) is 0.736. The molecule has 0 aliphatic heterocycles. The molecule has 0 heterocycles. The van der Waals surface area contributed by atoms with Gasteiger partial charge in [-0.05, 0) is 12.1 Å². The Morgan fingerprint density at radius 1 is 1.12 bits per heavy atom. The van der Waals surface area contributed by atoms with Crippen molar-refractivity contribution in [3.05, 3.63) is 59.7 Å². The Hall–Kier alpha value is -2.08. The third-order valence-corrected chi connectivity index (χ3v) is 3.45. The first-order valence-corrected chi connectivity index (χ1v) is 7.80. The van der Waals surface area contributed by atoms with Crippen LogP contribution in [0.2, 0.25) is 0 Å². The van der Waals surface area contributed by atoms with Gasteiger partial charge in [-0.3, -0.25) is 4.79 Å². The molecule has 1 unspecified atom stereocenters. The molecule has 0 amide bonds. The van der Waals surface area contributed by atoms with Crippen molar-refractivity contribution < 1.29 is 36.6 Å². The number of hydrogen-bond acceptors (Lipinski definition) is 4. The average Bonchev–Trinajstić information content (AvgIpc) is 2.52. The average molecular weight is 366 g/mol. The predicted molar refractivity (Wildman–Crippen MR) is 92.4 cm³/mol. The van der Waals surface area contributed by atoms with Crippen LogP contribution in [0.4, 0.5) is 0 Å². The number of rotatable bonds is 7. The normalized spacial score (nSPS) is 12.2. The standard InChI is InChI=1S/C19H23NO4.ClH/c1-20(2,3)12-15(21)13-24-16-9-10-17(18(22)11-16)19(23)14-7-5-4-6-8-14;/h4-11,15,21H,12-13H2,1-3H3;1H. The Kier molecular flexibility index (Phi) is 7.42. The van der Waals surface area contributed by atoms with Crippen molar-refractivity contribution >= 4 is 5.78 Å². The quantitative estimate of drug-likeness (QED) is 0.491. The number of quaternary nitrogens is 1. The van der Waals surface area contributed by atoms with Gasteiger partial charge in [0.2, 0.25) is 0 Å². The molecule has 0 aromatic heterocycles. The Morgan fingerprint density at radius 2 is 1.76 bits per heavy atom. The Bertz CT molecular complexity index is 698. The first-order chi connectivity index (χ1) is 11.3. The van der Waals surface area contributed by atoms with Crippen LogP contribution in [0, 0.1) is 0 Å². The minimum atomic E-state index is -0.613. The van der Waals surface area contributed by atoms with Gasteiger partial charge in [0.15, 0.2) is 5.78 Å². The van der Waals surface area contributed by atoms with Gasteiger partial charge < -0.3 is 31.8 Å². The molecule has 0 aliphatic rings. The van der Waals surface area contributed by atoms with E-state index in [1.807, 2.05) is 27.2 Å². The number of benzene rings is 2. The maximum absolute atomic E-state index is 12.4. The van der Waals surface area contributed by atoms with E-state index < -0.39 is 6.10 Å². The van der Waals surface area contributed by atoms with E-state index in [0.717, 1.165) is 0 Å². The lowest BCUT2D eigenvalue weighted by atomic mass is 10.0. The van der Waals surface area contributed by atoms with Crippen LogP contribution in [-0.2, 0) is 0 Å². The second-order valence-corrected chi connectivity index (χ2v) is 6.81. The summed E-state index contributed by atoms with van der Waals surface area (Å²) in [6.07, 6.45) is -0.613. The summed E-state index contributed by atoms with van der Waals surface area (Å²) in [6, 6.07) is 13.3. The van der Waals surface area contributed by atoms with Crippen LogP contribution < -0.4 is 17.1 Å². The van der Waals surface area contributed by atoms with Gasteiger partial charge in [-0.15, -0.1) is 0 Å². The molecule has 0 aliphatic carbocycles. The highest BCUT2D eigenvalue weighted by atomic mass is 35.5. The lowest BCUT2D eigenvalue weighted by Gasteiger charge is -2.26.